The Balaban J connectivity index is 1.66. The molecule has 1 aliphatic rings. The third-order valence-electron chi connectivity index (χ3n) is 4.82. The largest absolute Gasteiger partial charge is 0.314 e. The lowest BCUT2D eigenvalue weighted by Crippen LogP contribution is -2.45. The molecule has 1 aromatic carbocycles. The van der Waals surface area contributed by atoms with Gasteiger partial charge >= 0.3 is 0 Å². The summed E-state index contributed by atoms with van der Waals surface area (Å²) in [5.74, 6) is 0.780. The number of aryl methyl sites for hydroxylation is 2. The van der Waals surface area contributed by atoms with E-state index in [0.29, 0.717) is 6.04 Å². The van der Waals surface area contributed by atoms with E-state index in [2.05, 4.69) is 49.7 Å². The number of imidazole rings is 1. The fourth-order valence-electron chi connectivity index (χ4n) is 3.69. The summed E-state index contributed by atoms with van der Waals surface area (Å²) in [4.78, 5) is 11.5. The Morgan fingerprint density at radius 1 is 1.28 bits per heavy atom. The Hall–Kier alpha value is -1.95. The molecule has 0 amide bonds. The van der Waals surface area contributed by atoms with Crippen molar-refractivity contribution < 1.29 is 0 Å². The van der Waals surface area contributed by atoms with Crippen molar-refractivity contribution in [3.63, 3.8) is 0 Å². The maximum Gasteiger partial charge on any atom is 0.234 e. The quantitative estimate of drug-likeness (QED) is 0.784. The summed E-state index contributed by atoms with van der Waals surface area (Å²) in [6, 6.07) is 10.6. The van der Waals surface area contributed by atoms with Crippen molar-refractivity contribution in [1.82, 2.24) is 24.6 Å². The summed E-state index contributed by atoms with van der Waals surface area (Å²) in [6.07, 6.45) is 1.95. The Kier molecular flexibility index (Phi) is 4.46. The molecule has 3 aromatic rings. The van der Waals surface area contributed by atoms with Crippen molar-refractivity contribution in [1.29, 1.82) is 0 Å². The maximum atomic E-state index is 6.21. The van der Waals surface area contributed by atoms with E-state index in [1.807, 2.05) is 25.3 Å². The second-order valence-electron chi connectivity index (χ2n) is 6.67. The fourth-order valence-corrected chi connectivity index (χ4v) is 3.89. The average molecular weight is 356 g/mol. The molecule has 0 radical (unpaired) electrons. The first-order valence-corrected chi connectivity index (χ1v) is 9.00. The molecule has 0 bridgehead atoms. The van der Waals surface area contributed by atoms with E-state index >= 15 is 0 Å². The summed E-state index contributed by atoms with van der Waals surface area (Å²) in [5.41, 5.74) is 4.60. The van der Waals surface area contributed by atoms with Crippen LogP contribution in [0, 0.1) is 13.8 Å². The van der Waals surface area contributed by atoms with Crippen molar-refractivity contribution in [2.75, 3.05) is 19.6 Å². The van der Waals surface area contributed by atoms with Gasteiger partial charge in [0.15, 0.2) is 0 Å². The van der Waals surface area contributed by atoms with Gasteiger partial charge in [0.05, 0.1) is 11.9 Å². The molecule has 1 saturated heterocycles. The summed E-state index contributed by atoms with van der Waals surface area (Å²) in [6.45, 7) is 7.86. The van der Waals surface area contributed by atoms with Crippen LogP contribution in [0.4, 0.5) is 0 Å². The number of hydrogen-bond acceptors (Lipinski definition) is 4. The van der Waals surface area contributed by atoms with Gasteiger partial charge in [-0.25, -0.2) is 9.97 Å². The number of aromatic nitrogens is 3. The molecular weight excluding hydrogens is 334 g/mol. The van der Waals surface area contributed by atoms with Gasteiger partial charge < -0.3 is 5.32 Å². The lowest BCUT2D eigenvalue weighted by Gasteiger charge is -2.36. The summed E-state index contributed by atoms with van der Waals surface area (Å²) >= 11 is 6.21. The van der Waals surface area contributed by atoms with Crippen LogP contribution in [0.15, 0.2) is 36.5 Å². The molecule has 2 aromatic heterocycles. The van der Waals surface area contributed by atoms with Crippen molar-refractivity contribution in [2.45, 2.75) is 26.4 Å². The first-order valence-electron chi connectivity index (χ1n) is 8.62. The molecule has 1 unspecified atom stereocenters. The Morgan fingerprint density at radius 3 is 3.00 bits per heavy atom. The minimum absolute atomic E-state index is 0.303. The topological polar surface area (TPSA) is 45.5 Å². The highest BCUT2D eigenvalue weighted by molar-refractivity contribution is 6.30. The Bertz CT molecular complexity index is 904. The molecule has 1 fully saturated rings. The number of piperazine rings is 1. The van der Waals surface area contributed by atoms with E-state index < -0.39 is 0 Å². The summed E-state index contributed by atoms with van der Waals surface area (Å²) in [5, 5.41) is 4.28. The molecule has 5 nitrogen and oxygen atoms in total. The number of hydrogen-bond donors (Lipinski definition) is 1. The number of benzene rings is 1. The lowest BCUT2D eigenvalue weighted by atomic mass is 10.0. The molecule has 1 aliphatic heterocycles. The second-order valence-corrected chi connectivity index (χ2v) is 7.11. The van der Waals surface area contributed by atoms with Crippen molar-refractivity contribution in [3.8, 4) is 0 Å². The molecule has 25 heavy (non-hydrogen) atoms. The zero-order valence-corrected chi connectivity index (χ0v) is 15.3. The van der Waals surface area contributed by atoms with Gasteiger partial charge in [0.2, 0.25) is 5.78 Å². The van der Waals surface area contributed by atoms with Crippen molar-refractivity contribution in [3.05, 3.63) is 64.2 Å². The van der Waals surface area contributed by atoms with Crippen molar-refractivity contribution in [2.24, 2.45) is 0 Å². The standard InChI is InChI=1S/C19H22ClN5/c1-13-8-14(2)25-17(10-22-19(25)23-13)12-24-7-6-21-11-18(24)15-4-3-5-16(20)9-15/h3-5,8-10,18,21H,6-7,11-12H2,1-2H3. The van der Waals surface area contributed by atoms with Gasteiger partial charge in [-0.3, -0.25) is 9.30 Å². The van der Waals surface area contributed by atoms with Gasteiger partial charge in [0.25, 0.3) is 0 Å². The van der Waals surface area contributed by atoms with Gasteiger partial charge in [0.1, 0.15) is 0 Å². The van der Waals surface area contributed by atoms with Crippen LogP contribution in [0.25, 0.3) is 5.78 Å². The minimum Gasteiger partial charge on any atom is -0.314 e. The predicted octanol–water partition coefficient (Wildman–Crippen LogP) is 3.15. The molecule has 1 atom stereocenters. The molecule has 0 saturated carbocycles. The third-order valence-corrected chi connectivity index (χ3v) is 5.05. The Morgan fingerprint density at radius 2 is 2.16 bits per heavy atom. The lowest BCUT2D eigenvalue weighted by molar-refractivity contribution is 0.151. The predicted molar refractivity (Wildman–Crippen MR) is 99.9 cm³/mol. The number of nitrogens with one attached hydrogen (secondary N) is 1. The van der Waals surface area contributed by atoms with Crippen LogP contribution in [-0.4, -0.2) is 38.9 Å². The van der Waals surface area contributed by atoms with Crippen LogP contribution >= 0.6 is 11.6 Å². The summed E-state index contributed by atoms with van der Waals surface area (Å²) < 4.78 is 2.16. The number of halogens is 1. The van der Waals surface area contributed by atoms with E-state index in [4.69, 9.17) is 11.6 Å². The van der Waals surface area contributed by atoms with E-state index in [-0.39, 0.29) is 0 Å². The first kappa shape index (κ1) is 16.5. The molecule has 1 N–H and O–H groups in total. The van der Waals surface area contributed by atoms with Gasteiger partial charge in [-0.15, -0.1) is 0 Å². The maximum absolute atomic E-state index is 6.21. The highest BCUT2D eigenvalue weighted by Crippen LogP contribution is 2.26. The zero-order valence-electron chi connectivity index (χ0n) is 14.5. The van der Waals surface area contributed by atoms with Gasteiger partial charge in [-0.2, -0.15) is 0 Å². The van der Waals surface area contributed by atoms with E-state index in [0.717, 1.165) is 42.7 Å². The second kappa shape index (κ2) is 6.75. The minimum atomic E-state index is 0.303. The van der Waals surface area contributed by atoms with Crippen LogP contribution in [-0.2, 0) is 6.54 Å². The van der Waals surface area contributed by atoms with Crippen LogP contribution < -0.4 is 5.32 Å². The number of nitrogens with zero attached hydrogens (tertiary/aromatic N) is 4. The highest BCUT2D eigenvalue weighted by atomic mass is 35.5. The molecule has 3 heterocycles. The molecule has 0 aliphatic carbocycles. The normalized spacial score (nSPS) is 18.8. The molecule has 6 heteroatoms. The average Bonchev–Trinajstić information content (AvgIpc) is 2.98. The summed E-state index contributed by atoms with van der Waals surface area (Å²) in [7, 11) is 0. The molecule has 130 valence electrons. The van der Waals surface area contributed by atoms with Crippen LogP contribution in [0.2, 0.25) is 5.02 Å². The number of rotatable bonds is 3. The monoisotopic (exact) mass is 355 g/mol. The van der Waals surface area contributed by atoms with Crippen LogP contribution in [0.5, 0.6) is 0 Å². The van der Waals surface area contributed by atoms with Gasteiger partial charge in [-0.1, -0.05) is 23.7 Å². The SMILES string of the molecule is Cc1cc(C)n2c(CN3CCNCC3c3cccc(Cl)c3)cnc2n1. The fraction of sp³-hybridized carbons (Fsp3) is 0.368. The zero-order chi connectivity index (χ0) is 17.4. The van der Waals surface area contributed by atoms with Gasteiger partial charge in [0, 0.05) is 48.6 Å². The molecular formula is C19H22ClN5. The van der Waals surface area contributed by atoms with E-state index in [9.17, 15) is 0 Å². The van der Waals surface area contributed by atoms with E-state index in [1.165, 1.54) is 17.0 Å². The number of fused-ring (bicyclic) bond motifs is 1. The molecule has 0 spiro atoms. The Labute approximate surface area is 152 Å². The van der Waals surface area contributed by atoms with Gasteiger partial charge in [-0.05, 0) is 37.6 Å². The molecule has 4 rings (SSSR count). The van der Waals surface area contributed by atoms with Crippen LogP contribution in [0.1, 0.15) is 28.7 Å². The van der Waals surface area contributed by atoms with Crippen LogP contribution in [0.3, 0.4) is 0 Å². The van der Waals surface area contributed by atoms with E-state index in [1.54, 1.807) is 0 Å². The smallest absolute Gasteiger partial charge is 0.234 e. The highest BCUT2D eigenvalue weighted by Gasteiger charge is 2.25. The first-order chi connectivity index (χ1) is 12.1. The van der Waals surface area contributed by atoms with Crippen molar-refractivity contribution >= 4 is 17.4 Å². The third kappa shape index (κ3) is 3.27.